The highest BCUT2D eigenvalue weighted by atomic mass is 127. The Morgan fingerprint density at radius 2 is 1.50 bits per heavy atom. The largest absolute Gasteiger partial charge is 0.450 e. The van der Waals surface area contributed by atoms with Gasteiger partial charge in [0.25, 0.3) is 0 Å². The van der Waals surface area contributed by atoms with Gasteiger partial charge in [-0.2, -0.15) is 0 Å². The third-order valence-corrected chi connectivity index (χ3v) is 3.37. The van der Waals surface area contributed by atoms with Gasteiger partial charge in [0, 0.05) is 33.5 Å². The maximum absolute atomic E-state index is 5.74. The Morgan fingerprint density at radius 1 is 0.812 bits per heavy atom. The first-order valence-corrected chi connectivity index (χ1v) is 6.16. The van der Waals surface area contributed by atoms with E-state index < -0.39 is 0 Å². The lowest BCUT2D eigenvalue weighted by Gasteiger charge is -1.98. The van der Waals surface area contributed by atoms with Gasteiger partial charge in [-0.15, -0.1) is 0 Å². The van der Waals surface area contributed by atoms with Crippen molar-refractivity contribution in [2.45, 2.75) is 0 Å². The van der Waals surface area contributed by atoms with E-state index in [-0.39, 0.29) is 0 Å². The van der Waals surface area contributed by atoms with Crippen LogP contribution in [-0.2, 0) is 0 Å². The topological polar surface area (TPSA) is 13.1 Å². The maximum Gasteiger partial charge on any atom is 0.172 e. The van der Waals surface area contributed by atoms with E-state index in [0.29, 0.717) is 0 Å². The summed E-state index contributed by atoms with van der Waals surface area (Å²) in [4.78, 5) is 0. The van der Waals surface area contributed by atoms with E-state index in [9.17, 15) is 0 Å². The van der Waals surface area contributed by atoms with Crippen LogP contribution in [0.1, 0.15) is 0 Å². The molecule has 3 rings (SSSR count). The summed E-state index contributed by atoms with van der Waals surface area (Å²) in [6.07, 6.45) is 0. The summed E-state index contributed by atoms with van der Waals surface area (Å²) < 4.78 is 6.69. The smallest absolute Gasteiger partial charge is 0.172 e. The van der Waals surface area contributed by atoms with Gasteiger partial charge in [-0.25, -0.2) is 0 Å². The Hall–Kier alpha value is -1.29. The van der Waals surface area contributed by atoms with Crippen LogP contribution in [0, 0.1) is 3.77 Å². The van der Waals surface area contributed by atoms with Crippen LogP contribution >= 0.6 is 22.6 Å². The van der Waals surface area contributed by atoms with E-state index in [1.54, 1.807) is 0 Å². The van der Waals surface area contributed by atoms with Crippen molar-refractivity contribution >= 4 is 33.6 Å². The zero-order chi connectivity index (χ0) is 11.0. The average Bonchev–Trinajstić information content (AvgIpc) is 2.66. The number of fused-ring (bicyclic) bond motifs is 1. The molecular formula is C14H9IO. The number of hydrogen-bond acceptors (Lipinski definition) is 1. The number of rotatable bonds is 1. The lowest BCUT2D eigenvalue weighted by molar-refractivity contribution is 0.585. The molecule has 16 heavy (non-hydrogen) atoms. The van der Waals surface area contributed by atoms with Crippen LogP contribution < -0.4 is 0 Å². The molecule has 78 valence electrons. The molecule has 0 aliphatic heterocycles. The standard InChI is InChI=1S/C14H9IO/c15-14-13(10-6-2-1-3-7-10)11-8-4-5-9-12(11)16-14/h1-9H. The van der Waals surface area contributed by atoms with Crippen LogP contribution in [0.15, 0.2) is 59.0 Å². The van der Waals surface area contributed by atoms with Gasteiger partial charge in [-0.1, -0.05) is 48.5 Å². The minimum absolute atomic E-state index is 0.949. The maximum atomic E-state index is 5.74. The first-order chi connectivity index (χ1) is 7.86. The SMILES string of the molecule is Ic1oc2ccccc2c1-c1ccccc1. The zero-order valence-electron chi connectivity index (χ0n) is 8.48. The van der Waals surface area contributed by atoms with Gasteiger partial charge < -0.3 is 4.42 Å². The predicted octanol–water partition coefficient (Wildman–Crippen LogP) is 4.70. The molecule has 0 fully saturated rings. The van der Waals surface area contributed by atoms with Crippen LogP contribution in [-0.4, -0.2) is 0 Å². The van der Waals surface area contributed by atoms with Crippen LogP contribution in [0.2, 0.25) is 0 Å². The molecule has 0 aliphatic carbocycles. The normalized spacial score (nSPS) is 10.8. The second-order valence-corrected chi connectivity index (χ2v) is 4.59. The van der Waals surface area contributed by atoms with Gasteiger partial charge in [-0.3, -0.25) is 0 Å². The molecule has 0 spiro atoms. The van der Waals surface area contributed by atoms with E-state index >= 15 is 0 Å². The molecule has 0 N–H and O–H groups in total. The molecule has 0 atom stereocenters. The van der Waals surface area contributed by atoms with E-state index in [0.717, 1.165) is 9.35 Å². The third-order valence-electron chi connectivity index (χ3n) is 2.61. The summed E-state index contributed by atoms with van der Waals surface area (Å²) in [6, 6.07) is 18.5. The Morgan fingerprint density at radius 3 is 2.31 bits per heavy atom. The molecule has 3 aromatic rings. The number of para-hydroxylation sites is 1. The van der Waals surface area contributed by atoms with E-state index in [2.05, 4.69) is 40.8 Å². The van der Waals surface area contributed by atoms with Crippen molar-refractivity contribution in [3.8, 4) is 11.1 Å². The molecule has 1 nitrogen and oxygen atoms in total. The Kier molecular flexibility index (Phi) is 2.44. The predicted molar refractivity (Wildman–Crippen MR) is 74.4 cm³/mol. The van der Waals surface area contributed by atoms with Gasteiger partial charge >= 0.3 is 0 Å². The van der Waals surface area contributed by atoms with Crippen LogP contribution in [0.4, 0.5) is 0 Å². The van der Waals surface area contributed by atoms with Crippen molar-refractivity contribution < 1.29 is 4.42 Å². The molecule has 0 saturated heterocycles. The van der Waals surface area contributed by atoms with Gasteiger partial charge in [0.15, 0.2) is 3.77 Å². The van der Waals surface area contributed by atoms with E-state index in [4.69, 9.17) is 4.42 Å². The van der Waals surface area contributed by atoms with Crippen molar-refractivity contribution in [1.29, 1.82) is 0 Å². The van der Waals surface area contributed by atoms with Crippen molar-refractivity contribution in [2.75, 3.05) is 0 Å². The summed E-state index contributed by atoms with van der Waals surface area (Å²) in [5, 5.41) is 1.18. The summed E-state index contributed by atoms with van der Waals surface area (Å²) >= 11 is 2.25. The first-order valence-electron chi connectivity index (χ1n) is 5.09. The summed E-state index contributed by atoms with van der Waals surface area (Å²) in [5.74, 6) is 0. The number of halogens is 1. The molecule has 2 aromatic carbocycles. The Labute approximate surface area is 107 Å². The second-order valence-electron chi connectivity index (χ2n) is 3.61. The number of benzene rings is 2. The summed E-state index contributed by atoms with van der Waals surface area (Å²) in [7, 11) is 0. The Bertz CT molecular complexity index is 626. The van der Waals surface area contributed by atoms with Crippen molar-refractivity contribution in [3.63, 3.8) is 0 Å². The molecule has 0 radical (unpaired) electrons. The van der Waals surface area contributed by atoms with Gasteiger partial charge in [0.05, 0.1) is 0 Å². The minimum atomic E-state index is 0.949. The molecule has 1 heterocycles. The number of furan rings is 1. The fraction of sp³-hybridized carbons (Fsp3) is 0. The Balaban J connectivity index is 2.35. The molecule has 0 aliphatic rings. The van der Waals surface area contributed by atoms with Gasteiger partial charge in [0.1, 0.15) is 5.58 Å². The van der Waals surface area contributed by atoms with Crippen molar-refractivity contribution in [2.24, 2.45) is 0 Å². The van der Waals surface area contributed by atoms with E-state index in [1.807, 2.05) is 36.4 Å². The minimum Gasteiger partial charge on any atom is -0.450 e. The lowest BCUT2D eigenvalue weighted by atomic mass is 10.1. The molecule has 0 unspecified atom stereocenters. The van der Waals surface area contributed by atoms with E-state index in [1.165, 1.54) is 16.5 Å². The molecule has 0 bridgehead atoms. The first kappa shape index (κ1) is 9.90. The van der Waals surface area contributed by atoms with Gasteiger partial charge in [0.2, 0.25) is 0 Å². The highest BCUT2D eigenvalue weighted by molar-refractivity contribution is 14.1. The van der Waals surface area contributed by atoms with Crippen LogP contribution in [0.25, 0.3) is 22.1 Å². The zero-order valence-corrected chi connectivity index (χ0v) is 10.6. The fourth-order valence-corrected chi connectivity index (χ4v) is 2.73. The van der Waals surface area contributed by atoms with Crippen molar-refractivity contribution in [1.82, 2.24) is 0 Å². The second kappa shape index (κ2) is 3.94. The highest BCUT2D eigenvalue weighted by Gasteiger charge is 2.12. The average molecular weight is 320 g/mol. The molecule has 2 heteroatoms. The lowest BCUT2D eigenvalue weighted by Crippen LogP contribution is -1.76. The molecular weight excluding hydrogens is 311 g/mol. The van der Waals surface area contributed by atoms with Crippen molar-refractivity contribution in [3.05, 3.63) is 58.4 Å². The monoisotopic (exact) mass is 320 g/mol. The number of hydrogen-bond donors (Lipinski definition) is 0. The quantitative estimate of drug-likeness (QED) is 0.592. The molecule has 0 amide bonds. The molecule has 0 saturated carbocycles. The van der Waals surface area contributed by atoms with Crippen LogP contribution in [0.3, 0.4) is 0 Å². The fourth-order valence-electron chi connectivity index (χ4n) is 1.89. The third kappa shape index (κ3) is 1.53. The van der Waals surface area contributed by atoms with Crippen LogP contribution in [0.5, 0.6) is 0 Å². The highest BCUT2D eigenvalue weighted by Crippen LogP contribution is 2.35. The summed E-state index contributed by atoms with van der Waals surface area (Å²) in [6.45, 7) is 0. The summed E-state index contributed by atoms with van der Waals surface area (Å²) in [5.41, 5.74) is 3.35. The van der Waals surface area contributed by atoms with Gasteiger partial charge in [-0.05, 0) is 11.6 Å². The molecule has 1 aromatic heterocycles.